The van der Waals surface area contributed by atoms with E-state index in [1.54, 1.807) is 18.2 Å². The summed E-state index contributed by atoms with van der Waals surface area (Å²) in [7, 11) is 0. The van der Waals surface area contributed by atoms with Gasteiger partial charge >= 0.3 is 0 Å². The van der Waals surface area contributed by atoms with Crippen molar-refractivity contribution in [3.05, 3.63) is 47.0 Å². The fourth-order valence-electron chi connectivity index (χ4n) is 1.50. The lowest BCUT2D eigenvalue weighted by Gasteiger charge is -2.14. The second-order valence-corrected chi connectivity index (χ2v) is 4.78. The topological polar surface area (TPSA) is 65.2 Å². The van der Waals surface area contributed by atoms with Crippen molar-refractivity contribution in [1.29, 1.82) is 5.26 Å². The Bertz CT molecular complexity index is 564. The minimum atomic E-state index is -0.575. The van der Waals surface area contributed by atoms with E-state index in [0.29, 0.717) is 23.4 Å². The van der Waals surface area contributed by atoms with E-state index in [0.717, 1.165) is 0 Å². The Balaban J connectivity index is 2.87. The maximum atomic E-state index is 12.3. The maximum absolute atomic E-state index is 12.3. The molecule has 1 rings (SSSR count). The van der Waals surface area contributed by atoms with Gasteiger partial charge in [0.1, 0.15) is 6.04 Å². The average Bonchev–Trinajstić information content (AvgIpc) is 2.45. The quantitative estimate of drug-likeness (QED) is 0.364. The molecule has 0 fully saturated rings. The summed E-state index contributed by atoms with van der Waals surface area (Å²) < 4.78 is 0. The van der Waals surface area contributed by atoms with Gasteiger partial charge in [-0.15, -0.1) is 11.6 Å². The summed E-state index contributed by atoms with van der Waals surface area (Å²) in [6.07, 6.45) is 1.71. The molecule has 4 nitrogen and oxygen atoms in total. The number of nitrogens with one attached hydrogen (secondary N) is 1. The van der Waals surface area contributed by atoms with Gasteiger partial charge in [-0.1, -0.05) is 30.3 Å². The molecule has 1 aromatic rings. The molecule has 6 heteroatoms. The molecule has 0 aliphatic carbocycles. The Kier molecular flexibility index (Phi) is 6.78. The number of halogens is 2. The first-order valence-corrected chi connectivity index (χ1v) is 6.73. The van der Waals surface area contributed by atoms with Gasteiger partial charge in [0.2, 0.25) is 0 Å². The van der Waals surface area contributed by atoms with Crippen LogP contribution in [0.4, 0.5) is 0 Å². The highest BCUT2D eigenvalue weighted by molar-refractivity contribution is 6.38. The molecule has 1 N–H and O–H groups in total. The zero-order chi connectivity index (χ0) is 15.0. The zero-order valence-corrected chi connectivity index (χ0v) is 12.2. The predicted molar refractivity (Wildman–Crippen MR) is 81.2 cm³/mol. The molecule has 0 amide bonds. The largest absolute Gasteiger partial charge is 0.299 e. The second-order valence-electron chi connectivity index (χ2n) is 3.92. The average molecular weight is 310 g/mol. The van der Waals surface area contributed by atoms with Gasteiger partial charge in [-0.05, 0) is 18.6 Å². The number of alkyl halides is 1. The molecule has 20 heavy (non-hydrogen) atoms. The Morgan fingerprint density at radius 2 is 2.35 bits per heavy atom. The van der Waals surface area contributed by atoms with Gasteiger partial charge in [0.25, 0.3) is 0 Å². The summed E-state index contributed by atoms with van der Waals surface area (Å²) in [5, 5.41) is 12.9. The van der Waals surface area contributed by atoms with Crippen LogP contribution in [-0.2, 0) is 0 Å². The number of hydrazone groups is 1. The Morgan fingerprint density at radius 1 is 1.60 bits per heavy atom. The van der Waals surface area contributed by atoms with E-state index in [1.807, 2.05) is 6.07 Å². The first-order chi connectivity index (χ1) is 9.58. The van der Waals surface area contributed by atoms with E-state index in [2.05, 4.69) is 17.1 Å². The van der Waals surface area contributed by atoms with Gasteiger partial charge in [-0.3, -0.25) is 10.2 Å². The normalized spacial score (nSPS) is 11.8. The molecule has 0 aromatic heterocycles. The third-order valence-electron chi connectivity index (χ3n) is 2.43. The van der Waals surface area contributed by atoms with Crippen LogP contribution < -0.4 is 5.43 Å². The van der Waals surface area contributed by atoms with Crippen molar-refractivity contribution >= 4 is 35.2 Å². The summed E-state index contributed by atoms with van der Waals surface area (Å²) >= 11 is 11.2. The fraction of sp³-hybridized carbons (Fsp3) is 0.214. The number of hydrogen-bond donors (Lipinski definition) is 1. The number of carbonyl (C=O) groups is 1. The van der Waals surface area contributed by atoms with Gasteiger partial charge < -0.3 is 0 Å². The SMILES string of the molecule is C=C(Cl)/C=N\NC(CCCl)C(=O)c1cccc(C#N)c1. The van der Waals surface area contributed by atoms with Crippen LogP contribution in [0.25, 0.3) is 0 Å². The number of nitriles is 1. The van der Waals surface area contributed by atoms with E-state index >= 15 is 0 Å². The molecule has 0 aliphatic rings. The second kappa shape index (κ2) is 8.36. The fourth-order valence-corrected chi connectivity index (χ4v) is 1.77. The number of carbonyl (C=O) groups excluding carboxylic acids is 1. The van der Waals surface area contributed by atoms with E-state index < -0.39 is 6.04 Å². The van der Waals surface area contributed by atoms with Crippen LogP contribution >= 0.6 is 23.2 Å². The molecule has 0 aliphatic heterocycles. The third-order valence-corrected chi connectivity index (χ3v) is 2.74. The number of benzene rings is 1. The Morgan fingerprint density at radius 3 is 2.95 bits per heavy atom. The molecule has 0 saturated carbocycles. The highest BCUT2D eigenvalue weighted by atomic mass is 35.5. The molecule has 0 heterocycles. The molecule has 1 atom stereocenters. The van der Waals surface area contributed by atoms with Crippen molar-refractivity contribution in [1.82, 2.24) is 5.43 Å². The smallest absolute Gasteiger partial charge is 0.186 e. The lowest BCUT2D eigenvalue weighted by Crippen LogP contribution is -2.34. The van der Waals surface area contributed by atoms with Crippen molar-refractivity contribution in [2.24, 2.45) is 5.10 Å². The molecule has 1 unspecified atom stereocenters. The first-order valence-electron chi connectivity index (χ1n) is 5.81. The third kappa shape index (κ3) is 5.04. The summed E-state index contributed by atoms with van der Waals surface area (Å²) in [5.74, 6) is 0.124. The minimum Gasteiger partial charge on any atom is -0.299 e. The van der Waals surface area contributed by atoms with Gasteiger partial charge in [0, 0.05) is 11.4 Å². The van der Waals surface area contributed by atoms with E-state index in [-0.39, 0.29) is 10.8 Å². The van der Waals surface area contributed by atoms with E-state index in [1.165, 1.54) is 12.3 Å². The number of rotatable bonds is 7. The van der Waals surface area contributed by atoms with Gasteiger partial charge in [-0.2, -0.15) is 10.4 Å². The number of Topliss-reactive ketones (excluding diaryl/α,β-unsaturated/α-hetero) is 1. The number of hydrogen-bond acceptors (Lipinski definition) is 4. The Hall–Kier alpha value is -1.83. The molecule has 104 valence electrons. The molecule has 0 spiro atoms. The van der Waals surface area contributed by atoms with Gasteiger partial charge in [0.05, 0.1) is 22.9 Å². The lowest BCUT2D eigenvalue weighted by atomic mass is 10.0. The molecule has 0 saturated heterocycles. The highest BCUT2D eigenvalue weighted by Gasteiger charge is 2.19. The molecular weight excluding hydrogens is 297 g/mol. The van der Waals surface area contributed by atoms with Crippen LogP contribution in [0.2, 0.25) is 0 Å². The van der Waals surface area contributed by atoms with Crippen LogP contribution in [-0.4, -0.2) is 23.9 Å². The molecule has 1 aromatic carbocycles. The summed E-state index contributed by atoms with van der Waals surface area (Å²) in [5.41, 5.74) is 3.56. The lowest BCUT2D eigenvalue weighted by molar-refractivity contribution is 0.0942. The van der Waals surface area contributed by atoms with Gasteiger partial charge in [-0.25, -0.2) is 0 Å². The van der Waals surface area contributed by atoms with Crippen molar-refractivity contribution in [2.75, 3.05) is 5.88 Å². The zero-order valence-electron chi connectivity index (χ0n) is 10.6. The van der Waals surface area contributed by atoms with Gasteiger partial charge in [0.15, 0.2) is 5.78 Å². The standard InChI is InChI=1S/C14H13Cl2N3O/c1-10(16)9-18-19-13(5-6-15)14(20)12-4-2-3-11(7-12)8-17/h2-4,7,9,13,19H,1,5-6H2/b18-9-. The number of allylic oxidation sites excluding steroid dienone is 1. The summed E-state index contributed by atoms with van der Waals surface area (Å²) in [4.78, 5) is 12.3. The summed E-state index contributed by atoms with van der Waals surface area (Å²) in [6, 6.07) is 7.90. The van der Waals surface area contributed by atoms with E-state index in [9.17, 15) is 4.79 Å². The van der Waals surface area contributed by atoms with Crippen LogP contribution in [0.5, 0.6) is 0 Å². The van der Waals surface area contributed by atoms with Crippen molar-refractivity contribution in [2.45, 2.75) is 12.5 Å². The molecule has 0 radical (unpaired) electrons. The Labute approximate surface area is 127 Å². The number of nitrogens with zero attached hydrogens (tertiary/aromatic N) is 2. The maximum Gasteiger partial charge on any atom is 0.186 e. The monoisotopic (exact) mass is 309 g/mol. The molecule has 0 bridgehead atoms. The van der Waals surface area contributed by atoms with Crippen molar-refractivity contribution in [3.8, 4) is 6.07 Å². The van der Waals surface area contributed by atoms with Crippen LogP contribution in [0.1, 0.15) is 22.3 Å². The minimum absolute atomic E-state index is 0.180. The van der Waals surface area contributed by atoms with Crippen molar-refractivity contribution in [3.63, 3.8) is 0 Å². The molecular formula is C14H13Cl2N3O. The predicted octanol–water partition coefficient (Wildman–Crippen LogP) is 3.07. The number of ketones is 1. The van der Waals surface area contributed by atoms with Crippen LogP contribution in [0, 0.1) is 11.3 Å². The first kappa shape index (κ1) is 16.2. The van der Waals surface area contributed by atoms with E-state index in [4.69, 9.17) is 28.5 Å². The van der Waals surface area contributed by atoms with Crippen LogP contribution in [0.15, 0.2) is 41.0 Å². The van der Waals surface area contributed by atoms with Crippen molar-refractivity contribution < 1.29 is 4.79 Å². The van der Waals surface area contributed by atoms with Crippen LogP contribution in [0.3, 0.4) is 0 Å². The highest BCUT2D eigenvalue weighted by Crippen LogP contribution is 2.10. The summed E-state index contributed by atoms with van der Waals surface area (Å²) in [6.45, 7) is 3.45.